The first kappa shape index (κ1) is 17.9. The van der Waals surface area contributed by atoms with Crippen LogP contribution >= 0.6 is 0 Å². The molecular weight excluding hydrogens is 250 g/mol. The van der Waals surface area contributed by atoms with E-state index < -0.39 is 0 Å². The van der Waals surface area contributed by atoms with Crippen molar-refractivity contribution in [3.63, 3.8) is 0 Å². The van der Waals surface area contributed by atoms with Gasteiger partial charge in [0, 0.05) is 17.7 Å². The topological polar surface area (TPSA) is 32.4 Å². The number of rotatable bonds is 8. The fourth-order valence-corrected chi connectivity index (χ4v) is 3.42. The second kappa shape index (κ2) is 7.77. The number of nitrogens with zero attached hydrogens (tertiary/aromatic N) is 1. The Morgan fingerprint density at radius 3 is 2.00 bits per heavy atom. The van der Waals surface area contributed by atoms with Crippen molar-refractivity contribution in [2.75, 3.05) is 6.61 Å². The van der Waals surface area contributed by atoms with Gasteiger partial charge < -0.3 is 4.74 Å². The Balaban J connectivity index is 2.24. The lowest BCUT2D eigenvalue weighted by atomic mass is 9.80. The molecule has 3 heteroatoms. The third-order valence-corrected chi connectivity index (χ3v) is 4.41. The highest BCUT2D eigenvalue weighted by Crippen LogP contribution is 2.38. The smallest absolute Gasteiger partial charge is 0.0611 e. The van der Waals surface area contributed by atoms with Crippen molar-refractivity contribution >= 4 is 0 Å². The van der Waals surface area contributed by atoms with Crippen LogP contribution < -0.4 is 0 Å². The summed E-state index contributed by atoms with van der Waals surface area (Å²) in [5, 5.41) is 13.5. The third-order valence-electron chi connectivity index (χ3n) is 4.41. The Kier molecular flexibility index (Phi) is 6.96. The minimum absolute atomic E-state index is 0.237. The maximum atomic E-state index is 12.3. The van der Waals surface area contributed by atoms with Crippen LogP contribution in [0.3, 0.4) is 0 Å². The first-order valence-corrected chi connectivity index (χ1v) is 8.38. The molecule has 1 saturated heterocycles. The molecule has 1 aliphatic heterocycles. The average molecular weight is 284 g/mol. The van der Waals surface area contributed by atoms with Gasteiger partial charge in [-0.3, -0.25) is 0 Å². The summed E-state index contributed by atoms with van der Waals surface area (Å²) in [4.78, 5) is 0. The minimum Gasteiger partial charge on any atom is -0.378 e. The van der Waals surface area contributed by atoms with Crippen LogP contribution in [0, 0.1) is 0 Å². The van der Waals surface area contributed by atoms with E-state index >= 15 is 0 Å². The van der Waals surface area contributed by atoms with E-state index in [9.17, 15) is 5.21 Å². The van der Waals surface area contributed by atoms with Crippen LogP contribution in [0.1, 0.15) is 86.0 Å². The molecule has 0 aromatic rings. The summed E-state index contributed by atoms with van der Waals surface area (Å²) in [6, 6.07) is 0. The Morgan fingerprint density at radius 1 is 0.950 bits per heavy atom. The summed E-state index contributed by atoms with van der Waals surface area (Å²) in [6.45, 7) is 11.2. The molecule has 0 saturated carbocycles. The van der Waals surface area contributed by atoms with E-state index in [4.69, 9.17) is 4.74 Å². The fourth-order valence-electron chi connectivity index (χ4n) is 3.42. The number of hydrogen-bond donors (Lipinski definition) is 0. The fraction of sp³-hybridized carbons (Fsp3) is 1.00. The lowest BCUT2D eigenvalue weighted by molar-refractivity contribution is -0.301. The van der Waals surface area contributed by atoms with Crippen LogP contribution in [-0.2, 0) is 9.94 Å². The van der Waals surface area contributed by atoms with Gasteiger partial charge in [-0.25, -0.2) is 0 Å². The van der Waals surface area contributed by atoms with Gasteiger partial charge in [0.25, 0.3) is 0 Å². The molecule has 0 amide bonds. The van der Waals surface area contributed by atoms with Gasteiger partial charge in [-0.2, -0.15) is 0 Å². The number of piperidine rings is 1. The molecule has 20 heavy (non-hydrogen) atoms. The monoisotopic (exact) mass is 284 g/mol. The number of unbranched alkanes of at least 4 members (excludes halogenated alkanes) is 5. The van der Waals surface area contributed by atoms with Crippen molar-refractivity contribution in [1.29, 1.82) is 0 Å². The van der Waals surface area contributed by atoms with Crippen molar-refractivity contribution in [2.45, 2.75) is 103 Å². The molecule has 0 N–H and O–H groups in total. The van der Waals surface area contributed by atoms with E-state index in [0.717, 1.165) is 25.9 Å². The van der Waals surface area contributed by atoms with Crippen molar-refractivity contribution in [2.24, 2.45) is 0 Å². The molecular formula is C17H34NO2. The van der Waals surface area contributed by atoms with Gasteiger partial charge in [-0.05, 0) is 47.0 Å². The zero-order valence-electron chi connectivity index (χ0n) is 14.2. The highest BCUT2D eigenvalue weighted by Gasteiger charge is 2.46. The highest BCUT2D eigenvalue weighted by molar-refractivity contribution is 4.96. The van der Waals surface area contributed by atoms with E-state index in [-0.39, 0.29) is 17.2 Å². The number of hydrogen-bond acceptors (Lipinski definition) is 2. The van der Waals surface area contributed by atoms with Crippen molar-refractivity contribution < 1.29 is 9.94 Å². The SMILES string of the molecule is CCCCCCCCOC1CC(C)(C)N([O])C(C)(C)C1. The quantitative estimate of drug-likeness (QED) is 0.603. The van der Waals surface area contributed by atoms with E-state index in [0.29, 0.717) is 0 Å². The minimum atomic E-state index is -0.312. The molecule has 0 aliphatic carbocycles. The van der Waals surface area contributed by atoms with E-state index in [2.05, 4.69) is 6.92 Å². The Bertz CT molecular complexity index is 258. The Morgan fingerprint density at radius 2 is 1.45 bits per heavy atom. The molecule has 1 rings (SSSR count). The van der Waals surface area contributed by atoms with Crippen LogP contribution in [-0.4, -0.2) is 28.9 Å². The summed E-state index contributed by atoms with van der Waals surface area (Å²) in [5.41, 5.74) is -0.624. The zero-order chi connectivity index (χ0) is 15.2. The number of hydroxylamine groups is 2. The molecule has 0 unspecified atom stereocenters. The second-order valence-electron chi connectivity index (χ2n) is 7.59. The van der Waals surface area contributed by atoms with Crippen LogP contribution in [0.5, 0.6) is 0 Å². The van der Waals surface area contributed by atoms with Gasteiger partial charge in [0.1, 0.15) is 0 Å². The predicted octanol–water partition coefficient (Wildman–Crippen LogP) is 4.73. The molecule has 119 valence electrons. The summed E-state index contributed by atoms with van der Waals surface area (Å²) in [7, 11) is 0. The van der Waals surface area contributed by atoms with Gasteiger partial charge in [0.05, 0.1) is 6.10 Å². The van der Waals surface area contributed by atoms with E-state index in [1.807, 2.05) is 27.7 Å². The molecule has 1 fully saturated rings. The third kappa shape index (κ3) is 5.34. The second-order valence-corrected chi connectivity index (χ2v) is 7.59. The van der Waals surface area contributed by atoms with Crippen LogP contribution in [0.25, 0.3) is 0 Å². The Labute approximate surface area is 125 Å². The standard InChI is InChI=1S/C17H34NO2/c1-6-7-8-9-10-11-12-20-15-13-16(2,3)18(19)17(4,5)14-15/h15H,6-14H2,1-5H3. The maximum Gasteiger partial charge on any atom is 0.0611 e. The van der Waals surface area contributed by atoms with Crippen LogP contribution in [0.2, 0.25) is 0 Å². The molecule has 3 nitrogen and oxygen atoms in total. The van der Waals surface area contributed by atoms with E-state index in [1.165, 1.54) is 37.2 Å². The highest BCUT2D eigenvalue weighted by atomic mass is 16.5. The molecule has 1 aliphatic rings. The lowest BCUT2D eigenvalue weighted by Crippen LogP contribution is -2.59. The first-order chi connectivity index (χ1) is 9.29. The molecule has 0 atom stereocenters. The summed E-state index contributed by atoms with van der Waals surface area (Å²) in [6.07, 6.45) is 9.68. The van der Waals surface area contributed by atoms with E-state index in [1.54, 1.807) is 0 Å². The lowest BCUT2D eigenvalue weighted by Gasteiger charge is -2.49. The van der Waals surface area contributed by atoms with Gasteiger partial charge in [-0.1, -0.05) is 39.0 Å². The zero-order valence-corrected chi connectivity index (χ0v) is 14.2. The average Bonchev–Trinajstić information content (AvgIpc) is 2.34. The van der Waals surface area contributed by atoms with Gasteiger partial charge in [0.15, 0.2) is 0 Å². The van der Waals surface area contributed by atoms with Gasteiger partial charge >= 0.3 is 0 Å². The molecule has 0 aromatic carbocycles. The van der Waals surface area contributed by atoms with Crippen molar-refractivity contribution in [3.05, 3.63) is 0 Å². The molecule has 0 bridgehead atoms. The van der Waals surface area contributed by atoms with Crippen molar-refractivity contribution in [3.8, 4) is 0 Å². The van der Waals surface area contributed by atoms with Gasteiger partial charge in [0.2, 0.25) is 0 Å². The van der Waals surface area contributed by atoms with Crippen LogP contribution in [0.4, 0.5) is 0 Å². The predicted molar refractivity (Wildman–Crippen MR) is 83.0 cm³/mol. The maximum absolute atomic E-state index is 12.3. The first-order valence-electron chi connectivity index (χ1n) is 8.38. The summed E-state index contributed by atoms with van der Waals surface area (Å²) >= 11 is 0. The molecule has 1 radical (unpaired) electrons. The van der Waals surface area contributed by atoms with Gasteiger partial charge in [-0.15, -0.1) is 10.3 Å². The molecule has 0 spiro atoms. The van der Waals surface area contributed by atoms with Crippen molar-refractivity contribution in [1.82, 2.24) is 5.06 Å². The number of ether oxygens (including phenoxy) is 1. The van der Waals surface area contributed by atoms with Crippen LogP contribution in [0.15, 0.2) is 0 Å². The Hall–Kier alpha value is -0.120. The largest absolute Gasteiger partial charge is 0.378 e. The normalized spacial score (nSPS) is 23.1. The summed E-state index contributed by atoms with van der Waals surface area (Å²) < 4.78 is 6.04. The molecule has 0 aromatic heterocycles. The molecule has 1 heterocycles. The summed E-state index contributed by atoms with van der Waals surface area (Å²) in [5.74, 6) is 0.